The Morgan fingerprint density at radius 2 is 0.897 bits per heavy atom. The Kier molecular flexibility index (Phi) is 7.80. The molecule has 9 aromatic rings. The third kappa shape index (κ3) is 5.29. The predicted octanol–water partition coefficient (Wildman–Crippen LogP) is 16.0. The summed E-state index contributed by atoms with van der Waals surface area (Å²) in [5.74, 6) is 0. The van der Waals surface area contributed by atoms with Gasteiger partial charge in [0.2, 0.25) is 0 Å². The van der Waals surface area contributed by atoms with Gasteiger partial charge in [0.05, 0.1) is 0 Å². The van der Waals surface area contributed by atoms with Gasteiger partial charge in [-0.2, -0.15) is 0 Å². The lowest BCUT2D eigenvalue weighted by Gasteiger charge is -2.28. The second-order valence-corrected chi connectivity index (χ2v) is 18.0. The molecule has 0 amide bonds. The quantitative estimate of drug-likeness (QED) is 0.163. The molecule has 0 bridgehead atoms. The summed E-state index contributed by atoms with van der Waals surface area (Å²) in [6, 6.07) is 69.6. The van der Waals surface area contributed by atoms with E-state index >= 15 is 0 Å². The maximum atomic E-state index is 2.41. The molecule has 2 aliphatic rings. The van der Waals surface area contributed by atoms with Gasteiger partial charge in [-0.25, -0.2) is 0 Å². The van der Waals surface area contributed by atoms with Crippen molar-refractivity contribution in [1.29, 1.82) is 0 Å². The zero-order chi connectivity index (χ0) is 39.2. The van der Waals surface area contributed by atoms with Gasteiger partial charge in [-0.05, 0) is 115 Å². The Bertz CT molecular complexity index is 3020. The van der Waals surface area contributed by atoms with Crippen molar-refractivity contribution in [3.8, 4) is 54.9 Å². The van der Waals surface area contributed by atoms with Crippen LogP contribution in [0.5, 0.6) is 0 Å². The average molecular weight is 762 g/mol. The summed E-state index contributed by atoms with van der Waals surface area (Å²) in [5.41, 5.74) is 20.4. The first-order valence-corrected chi connectivity index (χ1v) is 21.2. The largest absolute Gasteiger partial charge is 0.310 e. The van der Waals surface area contributed by atoms with Crippen LogP contribution in [0.25, 0.3) is 65.0 Å². The zero-order valence-electron chi connectivity index (χ0n) is 33.3. The molecule has 2 aliphatic carbocycles. The number of thiophene rings is 1. The van der Waals surface area contributed by atoms with Gasteiger partial charge in [-0.15, -0.1) is 11.3 Å². The molecule has 1 nitrogen and oxygen atoms in total. The molecule has 0 radical (unpaired) electrons. The van der Waals surface area contributed by atoms with Crippen LogP contribution in [0, 0.1) is 0 Å². The number of hydrogen-bond acceptors (Lipinski definition) is 2. The van der Waals surface area contributed by atoms with Crippen LogP contribution in [0.4, 0.5) is 17.1 Å². The Labute approximate surface area is 345 Å². The molecule has 0 fully saturated rings. The van der Waals surface area contributed by atoms with E-state index in [1.165, 1.54) is 87.3 Å². The maximum absolute atomic E-state index is 2.41. The molecule has 278 valence electrons. The first-order chi connectivity index (χ1) is 28.3. The minimum atomic E-state index is -0.0863. The predicted molar refractivity (Wildman–Crippen MR) is 248 cm³/mol. The Balaban J connectivity index is 0.951. The molecule has 0 atom stereocenters. The van der Waals surface area contributed by atoms with Crippen LogP contribution in [-0.4, -0.2) is 0 Å². The van der Waals surface area contributed by atoms with E-state index in [9.17, 15) is 0 Å². The van der Waals surface area contributed by atoms with Gasteiger partial charge in [-0.3, -0.25) is 0 Å². The summed E-state index contributed by atoms with van der Waals surface area (Å²) in [4.78, 5) is 3.83. The van der Waals surface area contributed by atoms with E-state index in [1.807, 2.05) is 11.3 Å². The summed E-state index contributed by atoms with van der Waals surface area (Å²) in [6.45, 7) is 9.48. The Hall–Kier alpha value is -6.48. The van der Waals surface area contributed by atoms with Gasteiger partial charge in [0, 0.05) is 43.0 Å². The van der Waals surface area contributed by atoms with Gasteiger partial charge in [-0.1, -0.05) is 173 Å². The molecular weight excluding hydrogens is 719 g/mol. The highest BCUT2D eigenvalue weighted by molar-refractivity contribution is 7.22. The van der Waals surface area contributed by atoms with Crippen molar-refractivity contribution in [1.82, 2.24) is 0 Å². The summed E-state index contributed by atoms with van der Waals surface area (Å²) in [6.07, 6.45) is 0. The van der Waals surface area contributed by atoms with E-state index in [1.54, 1.807) is 0 Å². The number of hydrogen-bond donors (Lipinski definition) is 0. The summed E-state index contributed by atoms with van der Waals surface area (Å²) >= 11 is 1.94. The van der Waals surface area contributed by atoms with E-state index in [4.69, 9.17) is 0 Å². The monoisotopic (exact) mass is 761 g/mol. The smallest absolute Gasteiger partial charge is 0.0465 e. The third-order valence-electron chi connectivity index (χ3n) is 12.9. The first kappa shape index (κ1) is 34.7. The van der Waals surface area contributed by atoms with Gasteiger partial charge < -0.3 is 4.90 Å². The van der Waals surface area contributed by atoms with Crippen LogP contribution in [0.3, 0.4) is 0 Å². The lowest BCUT2D eigenvalue weighted by Crippen LogP contribution is -2.16. The van der Waals surface area contributed by atoms with Crippen molar-refractivity contribution in [2.75, 3.05) is 4.90 Å². The van der Waals surface area contributed by atoms with Crippen LogP contribution < -0.4 is 4.90 Å². The highest BCUT2D eigenvalue weighted by atomic mass is 32.1. The molecule has 0 saturated heterocycles. The van der Waals surface area contributed by atoms with Crippen molar-refractivity contribution in [3.63, 3.8) is 0 Å². The lowest BCUT2D eigenvalue weighted by atomic mass is 9.81. The molecule has 1 aromatic heterocycles. The number of nitrogens with zero attached hydrogens (tertiary/aromatic N) is 1. The van der Waals surface area contributed by atoms with Gasteiger partial charge in [0.25, 0.3) is 0 Å². The number of benzene rings is 8. The zero-order valence-corrected chi connectivity index (χ0v) is 34.1. The average Bonchev–Trinajstić information content (AvgIpc) is 3.85. The van der Waals surface area contributed by atoms with Gasteiger partial charge in [0.1, 0.15) is 0 Å². The standard InChI is InChI=1S/C56H43NS/c1-55(2)48-18-10-8-15-45(48)46-34-33-43(35-50(46)55)57(41-29-25-38(26-30-41)36-13-6-5-7-14-36)42-31-27-39(28-32-42)37-21-23-40(24-22-37)44-17-12-19-49-52(44)54-53(56(49,3)4)47-16-9-11-20-51(47)58-54/h5-35H,1-4H3. The molecule has 11 rings (SSSR count). The van der Waals surface area contributed by atoms with Crippen LogP contribution in [0.2, 0.25) is 0 Å². The molecule has 1 heterocycles. The number of fused-ring (bicyclic) bond motifs is 8. The Morgan fingerprint density at radius 3 is 1.60 bits per heavy atom. The number of rotatable bonds is 6. The minimum absolute atomic E-state index is 0.0409. The normalized spacial score (nSPS) is 14.1. The van der Waals surface area contributed by atoms with Crippen LogP contribution in [-0.2, 0) is 10.8 Å². The van der Waals surface area contributed by atoms with Gasteiger partial charge in [0.15, 0.2) is 0 Å². The second kappa shape index (κ2) is 13.0. The third-order valence-corrected chi connectivity index (χ3v) is 14.1. The molecule has 0 saturated carbocycles. The van der Waals surface area contributed by atoms with Gasteiger partial charge >= 0.3 is 0 Å². The number of anilines is 3. The van der Waals surface area contributed by atoms with E-state index in [0.717, 1.165) is 17.1 Å². The second-order valence-electron chi connectivity index (χ2n) is 16.9. The van der Waals surface area contributed by atoms with Crippen molar-refractivity contribution in [2.24, 2.45) is 0 Å². The van der Waals surface area contributed by atoms with Crippen molar-refractivity contribution >= 4 is 38.5 Å². The molecule has 0 aliphatic heterocycles. The molecule has 58 heavy (non-hydrogen) atoms. The molecule has 8 aromatic carbocycles. The fourth-order valence-corrected chi connectivity index (χ4v) is 11.3. The Morgan fingerprint density at radius 1 is 0.379 bits per heavy atom. The topological polar surface area (TPSA) is 3.24 Å². The highest BCUT2D eigenvalue weighted by Crippen LogP contribution is 2.58. The fraction of sp³-hybridized carbons (Fsp3) is 0.107. The van der Waals surface area contributed by atoms with E-state index in [0.29, 0.717) is 0 Å². The van der Waals surface area contributed by atoms with Crippen molar-refractivity contribution in [3.05, 3.63) is 210 Å². The fourth-order valence-electron chi connectivity index (χ4n) is 9.89. The molecule has 2 heteroatoms. The molecular formula is C56H43NS. The lowest BCUT2D eigenvalue weighted by molar-refractivity contribution is 0.660. The summed E-state index contributed by atoms with van der Waals surface area (Å²) in [7, 11) is 0. The highest BCUT2D eigenvalue weighted by Gasteiger charge is 2.40. The van der Waals surface area contributed by atoms with Crippen molar-refractivity contribution < 1.29 is 0 Å². The van der Waals surface area contributed by atoms with E-state index in [-0.39, 0.29) is 10.8 Å². The van der Waals surface area contributed by atoms with Crippen molar-refractivity contribution in [2.45, 2.75) is 38.5 Å². The van der Waals surface area contributed by atoms with Crippen LogP contribution in [0.15, 0.2) is 188 Å². The molecule has 0 N–H and O–H groups in total. The first-order valence-electron chi connectivity index (χ1n) is 20.3. The SMILES string of the molecule is CC1(C)c2ccccc2-c2ccc(N(c3ccc(-c4ccccc4)cc3)c3ccc(-c4ccc(-c5cccc6c5-c5sc7ccccc7c5C6(C)C)cc4)cc3)cc21. The maximum Gasteiger partial charge on any atom is 0.0465 e. The molecule has 0 spiro atoms. The minimum Gasteiger partial charge on any atom is -0.310 e. The van der Waals surface area contributed by atoms with Crippen LogP contribution >= 0.6 is 11.3 Å². The van der Waals surface area contributed by atoms with E-state index < -0.39 is 0 Å². The van der Waals surface area contributed by atoms with Crippen LogP contribution in [0.1, 0.15) is 49.9 Å². The summed E-state index contributed by atoms with van der Waals surface area (Å²) in [5, 5.41) is 1.39. The molecule has 0 unspecified atom stereocenters. The summed E-state index contributed by atoms with van der Waals surface area (Å²) < 4.78 is 1.37. The van der Waals surface area contributed by atoms with E-state index in [2.05, 4.69) is 221 Å².